The molecular formula is C9H8N2O2S. The van der Waals surface area contributed by atoms with Crippen LogP contribution in [0.5, 0.6) is 0 Å². The smallest absolute Gasteiger partial charge is 0.411 e. The number of nitrogens with zero attached hydrogens (tertiary/aromatic N) is 1. The monoisotopic (exact) mass is 208 g/mol. The molecule has 0 atom stereocenters. The van der Waals surface area contributed by atoms with Crippen LogP contribution in [0.2, 0.25) is 0 Å². The number of rotatable bonds is 2. The first-order valence-corrected chi connectivity index (χ1v) is 4.20. The number of ether oxygens (including phenoxy) is 1. The van der Waals surface area contributed by atoms with Crippen molar-refractivity contribution in [1.82, 2.24) is 0 Å². The topological polar surface area (TPSA) is 50.7 Å². The molecule has 0 heterocycles. The van der Waals surface area contributed by atoms with Gasteiger partial charge in [0.2, 0.25) is 0 Å². The number of carbonyl (C=O) groups is 1. The van der Waals surface area contributed by atoms with Gasteiger partial charge in [0.1, 0.15) is 0 Å². The second kappa shape index (κ2) is 5.11. The summed E-state index contributed by atoms with van der Waals surface area (Å²) in [7, 11) is 1.31. The Hall–Kier alpha value is -1.71. The van der Waals surface area contributed by atoms with Gasteiger partial charge in [-0.25, -0.2) is 4.79 Å². The average Bonchev–Trinajstić information content (AvgIpc) is 2.21. The van der Waals surface area contributed by atoms with Crippen LogP contribution in [0, 0.1) is 0 Å². The summed E-state index contributed by atoms with van der Waals surface area (Å²) in [5, 5.41) is 4.76. The molecule has 0 aliphatic carbocycles. The van der Waals surface area contributed by atoms with Gasteiger partial charge < -0.3 is 4.74 Å². The van der Waals surface area contributed by atoms with Crippen molar-refractivity contribution in [2.75, 3.05) is 12.4 Å². The minimum Gasteiger partial charge on any atom is -0.453 e. The Morgan fingerprint density at radius 1 is 1.50 bits per heavy atom. The molecule has 1 amide bonds. The Morgan fingerprint density at radius 2 is 2.14 bits per heavy atom. The van der Waals surface area contributed by atoms with E-state index in [9.17, 15) is 4.79 Å². The average molecular weight is 208 g/mol. The highest BCUT2D eigenvalue weighted by Gasteiger charge is 1.99. The molecule has 0 aliphatic heterocycles. The molecule has 14 heavy (non-hydrogen) atoms. The summed E-state index contributed by atoms with van der Waals surface area (Å²) in [4.78, 5) is 14.6. The molecule has 0 saturated carbocycles. The van der Waals surface area contributed by atoms with E-state index < -0.39 is 6.09 Å². The highest BCUT2D eigenvalue weighted by atomic mass is 32.1. The normalized spacial score (nSPS) is 8.64. The number of nitrogens with one attached hydrogen (secondary N) is 1. The quantitative estimate of drug-likeness (QED) is 0.600. The zero-order valence-corrected chi connectivity index (χ0v) is 8.30. The van der Waals surface area contributed by atoms with E-state index in [1.165, 1.54) is 7.11 Å². The number of hydrogen-bond donors (Lipinski definition) is 1. The standard InChI is InChI=1S/C9H8N2O2S/c1-13-9(12)11-8-4-2-7(3-5-8)10-6-14/h2-5H,1H3,(H,11,12). The second-order valence-electron chi connectivity index (χ2n) is 2.37. The second-order valence-corrected chi connectivity index (χ2v) is 2.55. The van der Waals surface area contributed by atoms with Crippen LogP contribution in [0.1, 0.15) is 0 Å². The molecule has 0 bridgehead atoms. The van der Waals surface area contributed by atoms with E-state index in [4.69, 9.17) is 0 Å². The molecule has 4 nitrogen and oxygen atoms in total. The first-order valence-electron chi connectivity index (χ1n) is 3.79. The van der Waals surface area contributed by atoms with E-state index in [0.717, 1.165) is 0 Å². The number of benzene rings is 1. The van der Waals surface area contributed by atoms with Crippen LogP contribution in [0.3, 0.4) is 0 Å². The summed E-state index contributed by atoms with van der Waals surface area (Å²) in [6.45, 7) is 0. The largest absolute Gasteiger partial charge is 0.453 e. The maximum absolute atomic E-state index is 10.8. The van der Waals surface area contributed by atoms with Gasteiger partial charge in [0.05, 0.1) is 18.0 Å². The Kier molecular flexibility index (Phi) is 3.79. The molecule has 1 aromatic carbocycles. The molecule has 1 aromatic rings. The van der Waals surface area contributed by atoms with Crippen LogP contribution in [-0.2, 0) is 4.74 Å². The molecule has 5 heteroatoms. The van der Waals surface area contributed by atoms with Gasteiger partial charge in [0.25, 0.3) is 0 Å². The fraction of sp³-hybridized carbons (Fsp3) is 0.111. The van der Waals surface area contributed by atoms with Crippen LogP contribution < -0.4 is 5.32 Å². The first-order chi connectivity index (χ1) is 6.76. The van der Waals surface area contributed by atoms with E-state index in [1.807, 2.05) is 0 Å². The number of aliphatic imine (C=N–C) groups is 1. The lowest BCUT2D eigenvalue weighted by molar-refractivity contribution is 0.187. The van der Waals surface area contributed by atoms with E-state index in [-0.39, 0.29) is 0 Å². The van der Waals surface area contributed by atoms with Gasteiger partial charge in [-0.1, -0.05) is 0 Å². The van der Waals surface area contributed by atoms with E-state index >= 15 is 0 Å². The van der Waals surface area contributed by atoms with Crippen molar-refractivity contribution in [2.45, 2.75) is 0 Å². The van der Waals surface area contributed by atoms with Crippen LogP contribution in [-0.4, -0.2) is 18.4 Å². The Labute approximate surface area is 86.6 Å². The summed E-state index contributed by atoms with van der Waals surface area (Å²) in [6, 6.07) is 6.82. The number of hydrogen-bond acceptors (Lipinski definition) is 4. The van der Waals surface area contributed by atoms with E-state index in [1.54, 1.807) is 24.3 Å². The number of anilines is 1. The van der Waals surface area contributed by atoms with Crippen molar-refractivity contribution >= 4 is 34.8 Å². The van der Waals surface area contributed by atoms with Gasteiger partial charge in [0.15, 0.2) is 0 Å². The number of methoxy groups -OCH3 is 1. The van der Waals surface area contributed by atoms with Gasteiger partial charge in [-0.15, -0.1) is 0 Å². The number of isothiocyanates is 1. The molecule has 0 unspecified atom stereocenters. The fourth-order valence-corrected chi connectivity index (χ4v) is 0.946. The SMILES string of the molecule is COC(=O)Nc1ccc(N=C=S)cc1. The summed E-state index contributed by atoms with van der Waals surface area (Å²) in [6.07, 6.45) is -0.504. The predicted octanol–water partition coefficient (Wildman–Crippen LogP) is 2.60. The molecule has 0 radical (unpaired) electrons. The zero-order valence-electron chi connectivity index (χ0n) is 7.48. The molecule has 0 fully saturated rings. The Morgan fingerprint density at radius 3 is 2.64 bits per heavy atom. The number of carbonyl (C=O) groups excluding carboxylic acids is 1. The molecule has 1 rings (SSSR count). The molecule has 1 N–H and O–H groups in total. The zero-order chi connectivity index (χ0) is 10.4. The van der Waals surface area contributed by atoms with Gasteiger partial charge in [-0.2, -0.15) is 4.99 Å². The summed E-state index contributed by atoms with van der Waals surface area (Å²) in [5.41, 5.74) is 1.33. The van der Waals surface area contributed by atoms with Crippen molar-refractivity contribution in [3.05, 3.63) is 24.3 Å². The molecule has 0 saturated heterocycles. The van der Waals surface area contributed by atoms with Crippen molar-refractivity contribution < 1.29 is 9.53 Å². The molecule has 0 aromatic heterocycles. The third-order valence-corrected chi connectivity index (χ3v) is 1.57. The number of amides is 1. The molecule has 0 aliphatic rings. The third kappa shape index (κ3) is 2.97. The van der Waals surface area contributed by atoms with Crippen molar-refractivity contribution in [1.29, 1.82) is 0 Å². The molecular weight excluding hydrogens is 200 g/mol. The first kappa shape index (κ1) is 10.4. The maximum atomic E-state index is 10.8. The van der Waals surface area contributed by atoms with Crippen LogP contribution >= 0.6 is 12.2 Å². The van der Waals surface area contributed by atoms with Crippen LogP contribution in [0.4, 0.5) is 16.2 Å². The number of thiocarbonyl (C=S) groups is 1. The Balaban J connectivity index is 2.73. The van der Waals surface area contributed by atoms with Gasteiger partial charge in [-0.3, -0.25) is 5.32 Å². The molecule has 0 spiro atoms. The lowest BCUT2D eigenvalue weighted by Gasteiger charge is -2.02. The summed E-state index contributed by atoms with van der Waals surface area (Å²) in [5.74, 6) is 0. The van der Waals surface area contributed by atoms with Gasteiger partial charge >= 0.3 is 6.09 Å². The van der Waals surface area contributed by atoms with E-state index in [0.29, 0.717) is 11.4 Å². The lowest BCUT2D eigenvalue weighted by Crippen LogP contribution is -2.10. The molecule has 72 valence electrons. The highest BCUT2D eigenvalue weighted by molar-refractivity contribution is 7.78. The van der Waals surface area contributed by atoms with Crippen molar-refractivity contribution in [3.63, 3.8) is 0 Å². The van der Waals surface area contributed by atoms with Crippen LogP contribution in [0.15, 0.2) is 29.3 Å². The summed E-state index contributed by atoms with van der Waals surface area (Å²) >= 11 is 4.45. The third-order valence-electron chi connectivity index (χ3n) is 1.47. The van der Waals surface area contributed by atoms with E-state index in [2.05, 4.69) is 32.4 Å². The van der Waals surface area contributed by atoms with Crippen LogP contribution in [0.25, 0.3) is 0 Å². The lowest BCUT2D eigenvalue weighted by atomic mass is 10.3. The highest BCUT2D eigenvalue weighted by Crippen LogP contribution is 2.15. The summed E-state index contributed by atoms with van der Waals surface area (Å²) < 4.78 is 4.43. The maximum Gasteiger partial charge on any atom is 0.411 e. The van der Waals surface area contributed by atoms with Crippen molar-refractivity contribution in [3.8, 4) is 0 Å². The fourth-order valence-electron chi connectivity index (χ4n) is 0.841. The minimum absolute atomic E-state index is 0.504. The van der Waals surface area contributed by atoms with Gasteiger partial charge in [0, 0.05) is 5.69 Å². The minimum atomic E-state index is -0.504. The van der Waals surface area contributed by atoms with Gasteiger partial charge in [-0.05, 0) is 36.5 Å². The van der Waals surface area contributed by atoms with Crippen molar-refractivity contribution in [2.24, 2.45) is 4.99 Å². The predicted molar refractivity (Wildman–Crippen MR) is 57.2 cm³/mol. The Bertz CT molecular complexity index is 369.